The van der Waals surface area contributed by atoms with Crippen molar-refractivity contribution in [2.24, 2.45) is 0 Å². The van der Waals surface area contributed by atoms with Gasteiger partial charge in [-0.05, 0) is 31.9 Å². The van der Waals surface area contributed by atoms with E-state index < -0.39 is 0 Å². The summed E-state index contributed by atoms with van der Waals surface area (Å²) in [5.41, 5.74) is 0.900. The van der Waals surface area contributed by atoms with Gasteiger partial charge in [0.15, 0.2) is 11.0 Å². The van der Waals surface area contributed by atoms with Gasteiger partial charge in [-0.15, -0.1) is 20.4 Å². The van der Waals surface area contributed by atoms with Crippen molar-refractivity contribution in [1.29, 1.82) is 0 Å². The molecule has 142 valence electrons. The SMILES string of the molecule is CCc1nnc(NC(=O)[C@H](CC)Sc2nnc(-c3cccnc3)n2CC)s1. The Balaban J connectivity index is 1.76. The summed E-state index contributed by atoms with van der Waals surface area (Å²) in [5.74, 6) is 0.648. The Morgan fingerprint density at radius 3 is 2.74 bits per heavy atom. The van der Waals surface area contributed by atoms with Gasteiger partial charge in [0, 0.05) is 24.5 Å². The summed E-state index contributed by atoms with van der Waals surface area (Å²) in [5, 5.41) is 21.4. The van der Waals surface area contributed by atoms with E-state index in [0.717, 1.165) is 22.8 Å². The van der Waals surface area contributed by atoms with Gasteiger partial charge in [0.1, 0.15) is 5.01 Å². The van der Waals surface area contributed by atoms with Gasteiger partial charge < -0.3 is 4.57 Å². The van der Waals surface area contributed by atoms with Crippen molar-refractivity contribution in [3.63, 3.8) is 0 Å². The van der Waals surface area contributed by atoms with Crippen LogP contribution in [-0.2, 0) is 17.8 Å². The van der Waals surface area contributed by atoms with E-state index in [1.807, 2.05) is 37.5 Å². The molecule has 1 N–H and O–H groups in total. The Morgan fingerprint density at radius 1 is 1.26 bits per heavy atom. The summed E-state index contributed by atoms with van der Waals surface area (Å²) in [6, 6.07) is 3.81. The summed E-state index contributed by atoms with van der Waals surface area (Å²) >= 11 is 2.81. The Kier molecular flexibility index (Phi) is 6.51. The molecular formula is C17H21N7OS2. The molecule has 0 spiro atoms. The van der Waals surface area contributed by atoms with Crippen LogP contribution in [0, 0.1) is 0 Å². The topological polar surface area (TPSA) is 98.5 Å². The molecule has 0 radical (unpaired) electrons. The second kappa shape index (κ2) is 9.05. The lowest BCUT2D eigenvalue weighted by Crippen LogP contribution is -2.25. The van der Waals surface area contributed by atoms with E-state index in [0.29, 0.717) is 23.3 Å². The second-order valence-corrected chi connectivity index (χ2v) is 7.88. The first-order valence-electron chi connectivity index (χ1n) is 8.79. The Labute approximate surface area is 165 Å². The van der Waals surface area contributed by atoms with E-state index in [-0.39, 0.29) is 11.2 Å². The molecule has 0 unspecified atom stereocenters. The van der Waals surface area contributed by atoms with E-state index in [1.54, 1.807) is 12.4 Å². The van der Waals surface area contributed by atoms with Crippen molar-refractivity contribution >= 4 is 34.1 Å². The van der Waals surface area contributed by atoms with Gasteiger partial charge in [0.05, 0.1) is 5.25 Å². The highest BCUT2D eigenvalue weighted by Crippen LogP contribution is 2.29. The van der Waals surface area contributed by atoms with Crippen LogP contribution in [0.25, 0.3) is 11.4 Å². The van der Waals surface area contributed by atoms with E-state index in [2.05, 4.69) is 30.7 Å². The maximum Gasteiger partial charge on any atom is 0.239 e. The van der Waals surface area contributed by atoms with Crippen LogP contribution in [0.2, 0.25) is 0 Å². The molecule has 0 aliphatic carbocycles. The molecule has 0 saturated heterocycles. The summed E-state index contributed by atoms with van der Waals surface area (Å²) in [4.78, 5) is 16.8. The number of anilines is 1. The summed E-state index contributed by atoms with van der Waals surface area (Å²) in [6.45, 7) is 6.72. The molecular weight excluding hydrogens is 382 g/mol. The van der Waals surface area contributed by atoms with Crippen LogP contribution >= 0.6 is 23.1 Å². The maximum absolute atomic E-state index is 12.7. The van der Waals surface area contributed by atoms with Gasteiger partial charge in [-0.1, -0.05) is 36.9 Å². The van der Waals surface area contributed by atoms with Crippen LogP contribution in [0.3, 0.4) is 0 Å². The van der Waals surface area contributed by atoms with Gasteiger partial charge in [-0.3, -0.25) is 15.1 Å². The molecule has 0 aromatic carbocycles. The van der Waals surface area contributed by atoms with Crippen LogP contribution in [0.4, 0.5) is 5.13 Å². The fourth-order valence-corrected chi connectivity index (χ4v) is 4.15. The lowest BCUT2D eigenvalue weighted by molar-refractivity contribution is -0.115. The second-order valence-electron chi connectivity index (χ2n) is 5.65. The number of nitrogens with zero attached hydrogens (tertiary/aromatic N) is 6. The van der Waals surface area contributed by atoms with Crippen LogP contribution in [-0.4, -0.2) is 41.1 Å². The third-order valence-corrected chi connectivity index (χ3v) is 6.19. The fraction of sp³-hybridized carbons (Fsp3) is 0.412. The van der Waals surface area contributed by atoms with Crippen molar-refractivity contribution < 1.29 is 4.79 Å². The number of pyridine rings is 1. The molecule has 3 rings (SSSR count). The van der Waals surface area contributed by atoms with E-state index in [4.69, 9.17) is 0 Å². The third kappa shape index (κ3) is 4.51. The molecule has 0 aliphatic rings. The highest BCUT2D eigenvalue weighted by atomic mass is 32.2. The summed E-state index contributed by atoms with van der Waals surface area (Å²) < 4.78 is 2.00. The maximum atomic E-state index is 12.7. The molecule has 3 aromatic rings. The molecule has 10 heteroatoms. The molecule has 27 heavy (non-hydrogen) atoms. The van der Waals surface area contributed by atoms with Gasteiger partial charge >= 0.3 is 0 Å². The first kappa shape index (κ1) is 19.4. The predicted octanol–water partition coefficient (Wildman–Crippen LogP) is 3.28. The number of carbonyl (C=O) groups is 1. The third-order valence-electron chi connectivity index (χ3n) is 3.86. The van der Waals surface area contributed by atoms with E-state index >= 15 is 0 Å². The lowest BCUT2D eigenvalue weighted by Gasteiger charge is -2.13. The van der Waals surface area contributed by atoms with Gasteiger partial charge in [-0.25, -0.2) is 0 Å². The Morgan fingerprint density at radius 2 is 2.11 bits per heavy atom. The van der Waals surface area contributed by atoms with E-state index in [9.17, 15) is 4.79 Å². The summed E-state index contributed by atoms with van der Waals surface area (Å²) in [7, 11) is 0. The molecule has 3 aromatic heterocycles. The van der Waals surface area contributed by atoms with Crippen LogP contribution < -0.4 is 5.32 Å². The van der Waals surface area contributed by atoms with E-state index in [1.165, 1.54) is 23.1 Å². The quantitative estimate of drug-likeness (QED) is 0.576. The minimum absolute atomic E-state index is 0.102. The van der Waals surface area contributed by atoms with Crippen molar-refractivity contribution in [3.8, 4) is 11.4 Å². The minimum atomic E-state index is -0.296. The summed E-state index contributed by atoms with van der Waals surface area (Å²) in [6.07, 6.45) is 4.95. The number of nitrogens with one attached hydrogen (secondary N) is 1. The number of thioether (sulfide) groups is 1. The average Bonchev–Trinajstić information content (AvgIpc) is 3.32. The first-order valence-corrected chi connectivity index (χ1v) is 10.5. The van der Waals surface area contributed by atoms with Crippen molar-refractivity contribution in [1.82, 2.24) is 29.9 Å². The zero-order valence-electron chi connectivity index (χ0n) is 15.4. The number of amides is 1. The number of carbonyl (C=O) groups excluding carboxylic acids is 1. The molecule has 8 nitrogen and oxygen atoms in total. The molecule has 0 fully saturated rings. The number of hydrogen-bond acceptors (Lipinski definition) is 8. The largest absolute Gasteiger partial charge is 0.302 e. The monoisotopic (exact) mass is 403 g/mol. The zero-order chi connectivity index (χ0) is 19.2. The highest BCUT2D eigenvalue weighted by Gasteiger charge is 2.23. The number of hydrogen-bond donors (Lipinski definition) is 1. The molecule has 0 bridgehead atoms. The first-order chi connectivity index (χ1) is 13.2. The normalized spacial score (nSPS) is 12.1. The zero-order valence-corrected chi connectivity index (χ0v) is 17.0. The Bertz CT molecular complexity index is 894. The van der Waals surface area contributed by atoms with Crippen molar-refractivity contribution in [2.75, 3.05) is 5.32 Å². The van der Waals surface area contributed by atoms with Crippen LogP contribution in [0.5, 0.6) is 0 Å². The van der Waals surface area contributed by atoms with Crippen molar-refractivity contribution in [2.45, 2.75) is 50.6 Å². The molecule has 1 atom stereocenters. The van der Waals surface area contributed by atoms with Gasteiger partial charge in [0.25, 0.3) is 0 Å². The predicted molar refractivity (Wildman–Crippen MR) is 107 cm³/mol. The smallest absolute Gasteiger partial charge is 0.239 e. The standard InChI is InChI=1S/C17H21N7OS2/c1-4-12(15(25)19-16-22-20-13(5-2)27-16)26-17-23-21-14(24(17)6-3)11-8-7-9-18-10-11/h7-10,12H,4-6H2,1-3H3,(H,19,22,25)/t12-/m0/s1. The molecule has 0 saturated carbocycles. The minimum Gasteiger partial charge on any atom is -0.302 e. The highest BCUT2D eigenvalue weighted by molar-refractivity contribution is 8.00. The number of aromatic nitrogens is 6. The Hall–Kier alpha value is -2.33. The number of aryl methyl sites for hydroxylation is 1. The molecule has 1 amide bonds. The van der Waals surface area contributed by atoms with Crippen LogP contribution in [0.15, 0.2) is 29.7 Å². The lowest BCUT2D eigenvalue weighted by atomic mass is 10.3. The molecule has 0 aliphatic heterocycles. The van der Waals surface area contributed by atoms with Crippen molar-refractivity contribution in [3.05, 3.63) is 29.5 Å². The van der Waals surface area contributed by atoms with Gasteiger partial charge in [0.2, 0.25) is 11.0 Å². The fourth-order valence-electron chi connectivity index (χ4n) is 2.45. The molecule has 3 heterocycles. The number of rotatable bonds is 8. The van der Waals surface area contributed by atoms with Crippen LogP contribution in [0.1, 0.15) is 32.2 Å². The van der Waals surface area contributed by atoms with Gasteiger partial charge in [-0.2, -0.15) is 0 Å². The average molecular weight is 404 g/mol.